The molecule has 0 radical (unpaired) electrons. The number of hydrogen-bond donors (Lipinski definition) is 2. The number of aromatic nitrogens is 2. The highest BCUT2D eigenvalue weighted by atomic mass is 16.5. The van der Waals surface area contributed by atoms with E-state index in [0.717, 1.165) is 77.9 Å². The Kier molecular flexibility index (Phi) is 9.28. The molecular formula is C46H44N6O4. The quantitative estimate of drug-likeness (QED) is 0.166. The molecule has 56 heavy (non-hydrogen) atoms. The highest BCUT2D eigenvalue weighted by Crippen LogP contribution is 2.38. The van der Waals surface area contributed by atoms with Gasteiger partial charge in [0.2, 0.25) is 0 Å². The Morgan fingerprint density at radius 3 is 2.38 bits per heavy atom. The number of methoxy groups -OCH3 is 1. The number of phenols is 1. The van der Waals surface area contributed by atoms with E-state index < -0.39 is 0 Å². The summed E-state index contributed by atoms with van der Waals surface area (Å²) in [6.45, 7) is 5.05. The number of anilines is 2. The molecule has 0 aliphatic carbocycles. The van der Waals surface area contributed by atoms with Crippen LogP contribution in [0.1, 0.15) is 31.8 Å². The third-order valence-corrected chi connectivity index (χ3v) is 11.4. The van der Waals surface area contributed by atoms with Crippen molar-refractivity contribution in [1.82, 2.24) is 24.3 Å². The number of benzene rings is 5. The number of amides is 2. The van der Waals surface area contributed by atoms with Crippen LogP contribution in [-0.2, 0) is 13.0 Å². The molecule has 2 aromatic heterocycles. The minimum absolute atomic E-state index is 0.0757. The first-order chi connectivity index (χ1) is 27.4. The Hall–Kier alpha value is -6.36. The number of nitrogens with one attached hydrogen (secondary N) is 1. The Labute approximate surface area is 325 Å². The molecular weight excluding hydrogens is 701 g/mol. The molecule has 0 saturated carbocycles. The van der Waals surface area contributed by atoms with Crippen LogP contribution in [0.25, 0.3) is 27.5 Å². The molecule has 1 atom stereocenters. The zero-order valence-electron chi connectivity index (χ0n) is 31.6. The van der Waals surface area contributed by atoms with E-state index in [-0.39, 0.29) is 29.4 Å². The number of aromatic hydroxyl groups is 1. The van der Waals surface area contributed by atoms with Crippen LogP contribution >= 0.6 is 0 Å². The third-order valence-electron chi connectivity index (χ3n) is 11.4. The fourth-order valence-corrected chi connectivity index (χ4v) is 8.37. The summed E-state index contributed by atoms with van der Waals surface area (Å²) in [5.74, 6) is -0.316. The second kappa shape index (κ2) is 14.7. The maximum absolute atomic E-state index is 15.2. The van der Waals surface area contributed by atoms with Gasteiger partial charge in [0, 0.05) is 91.4 Å². The van der Waals surface area contributed by atoms with E-state index in [1.54, 1.807) is 11.0 Å². The van der Waals surface area contributed by atoms with Crippen molar-refractivity contribution >= 4 is 45.0 Å². The van der Waals surface area contributed by atoms with Crippen molar-refractivity contribution in [2.75, 3.05) is 51.8 Å². The third kappa shape index (κ3) is 6.46. The summed E-state index contributed by atoms with van der Waals surface area (Å²) in [5, 5.41) is 12.9. The lowest BCUT2D eigenvalue weighted by Gasteiger charge is -2.41. The van der Waals surface area contributed by atoms with Gasteiger partial charge in [-0.25, -0.2) is 0 Å². The van der Waals surface area contributed by atoms with E-state index in [9.17, 15) is 5.11 Å². The van der Waals surface area contributed by atoms with Gasteiger partial charge in [-0.15, -0.1) is 0 Å². The van der Waals surface area contributed by atoms with Gasteiger partial charge in [0.05, 0.1) is 29.4 Å². The lowest BCUT2D eigenvalue weighted by Crippen LogP contribution is -2.53. The molecule has 10 heteroatoms. The average molecular weight is 745 g/mol. The van der Waals surface area contributed by atoms with Gasteiger partial charge in [-0.2, -0.15) is 0 Å². The first-order valence-electron chi connectivity index (χ1n) is 19.1. The van der Waals surface area contributed by atoms with E-state index in [2.05, 4.69) is 40.0 Å². The summed E-state index contributed by atoms with van der Waals surface area (Å²) in [6.07, 6.45) is 4.44. The van der Waals surface area contributed by atoms with Crippen molar-refractivity contribution in [2.45, 2.75) is 19.0 Å². The number of hydrogen-bond acceptors (Lipinski definition) is 6. The first kappa shape index (κ1) is 35.3. The molecule has 4 heterocycles. The van der Waals surface area contributed by atoms with Crippen LogP contribution in [0, 0.1) is 0 Å². The van der Waals surface area contributed by atoms with Gasteiger partial charge in [0.1, 0.15) is 0 Å². The monoisotopic (exact) mass is 744 g/mol. The Morgan fingerprint density at radius 1 is 0.821 bits per heavy atom. The zero-order valence-corrected chi connectivity index (χ0v) is 31.6. The van der Waals surface area contributed by atoms with Crippen LogP contribution in [0.4, 0.5) is 11.4 Å². The summed E-state index contributed by atoms with van der Waals surface area (Å²) in [4.78, 5) is 41.9. The van der Waals surface area contributed by atoms with Crippen LogP contribution < -0.4 is 9.64 Å². The van der Waals surface area contributed by atoms with Crippen LogP contribution in [0.5, 0.6) is 11.5 Å². The van der Waals surface area contributed by atoms with E-state index in [0.29, 0.717) is 23.4 Å². The van der Waals surface area contributed by atoms with E-state index in [1.807, 2.05) is 107 Å². The van der Waals surface area contributed by atoms with Gasteiger partial charge in [0.25, 0.3) is 11.8 Å². The number of para-hydroxylation sites is 2. The highest BCUT2D eigenvalue weighted by molar-refractivity contribution is 6.18. The lowest BCUT2D eigenvalue weighted by molar-refractivity contribution is 0.0535. The molecule has 9 rings (SSSR count). The van der Waals surface area contributed by atoms with Gasteiger partial charge in [0.15, 0.2) is 11.5 Å². The standard InChI is InChI=1S/C46H44N6O4/c1-48-20-22-49(23-21-48)29-36-24-31-10-6-7-11-33(31)28-50(36)45(54)38-26-43(53)44(56-2)27-42(38)51-30-39(37-14-8-9-15-41(37)51)46(55)52(34-12-4-3-5-13-34)35-16-17-40-32(25-35)18-19-47-40/h3-19,25-27,30,36,47,53H,20-24,28-29H2,1-2H3/t36-/m0/s1. The minimum Gasteiger partial charge on any atom is -0.504 e. The number of ether oxygens (including phenoxy) is 1. The number of H-pyrrole nitrogens is 1. The van der Waals surface area contributed by atoms with E-state index >= 15 is 9.59 Å². The van der Waals surface area contributed by atoms with E-state index in [1.165, 1.54) is 18.7 Å². The first-order valence-corrected chi connectivity index (χ1v) is 19.1. The fraction of sp³-hybridized carbons (Fsp3) is 0.217. The van der Waals surface area contributed by atoms with Crippen molar-refractivity contribution in [3.63, 3.8) is 0 Å². The Bertz CT molecular complexity index is 2570. The number of piperazine rings is 1. The molecule has 282 valence electrons. The van der Waals surface area contributed by atoms with Gasteiger partial charge in [-0.05, 0) is 73.1 Å². The summed E-state index contributed by atoms with van der Waals surface area (Å²) in [5.41, 5.74) is 6.84. The number of phenolic OH excluding ortho intramolecular Hbond substituents is 1. The van der Waals surface area contributed by atoms with Crippen molar-refractivity contribution in [3.05, 3.63) is 150 Å². The summed E-state index contributed by atoms with van der Waals surface area (Å²) in [6, 6.07) is 36.8. The normalized spacial score (nSPS) is 16.2. The molecule has 5 aromatic carbocycles. The molecule has 1 saturated heterocycles. The Morgan fingerprint density at radius 2 is 1.57 bits per heavy atom. The predicted octanol–water partition coefficient (Wildman–Crippen LogP) is 7.62. The Balaban J connectivity index is 1.16. The number of fused-ring (bicyclic) bond motifs is 3. The highest BCUT2D eigenvalue weighted by Gasteiger charge is 2.35. The van der Waals surface area contributed by atoms with Gasteiger partial charge in [-0.3, -0.25) is 19.4 Å². The molecule has 2 aliphatic heterocycles. The molecule has 0 unspecified atom stereocenters. The van der Waals surface area contributed by atoms with Crippen LogP contribution in [0.2, 0.25) is 0 Å². The second-order valence-corrected chi connectivity index (χ2v) is 14.9. The maximum Gasteiger partial charge on any atom is 0.265 e. The maximum atomic E-state index is 15.2. The molecule has 0 bridgehead atoms. The molecule has 1 fully saturated rings. The van der Waals surface area contributed by atoms with Crippen LogP contribution in [0.3, 0.4) is 0 Å². The van der Waals surface area contributed by atoms with Crippen LogP contribution in [0.15, 0.2) is 128 Å². The number of carbonyl (C=O) groups excluding carboxylic acids is 2. The summed E-state index contributed by atoms with van der Waals surface area (Å²) >= 11 is 0. The smallest absolute Gasteiger partial charge is 0.265 e. The van der Waals surface area contributed by atoms with Crippen molar-refractivity contribution in [1.29, 1.82) is 0 Å². The molecule has 2 aliphatic rings. The van der Waals surface area contributed by atoms with Crippen molar-refractivity contribution in [3.8, 4) is 17.2 Å². The van der Waals surface area contributed by atoms with Crippen molar-refractivity contribution < 1.29 is 19.4 Å². The second-order valence-electron chi connectivity index (χ2n) is 14.9. The molecule has 2 N–H and O–H groups in total. The summed E-state index contributed by atoms with van der Waals surface area (Å²) < 4.78 is 7.53. The molecule has 0 spiro atoms. The van der Waals surface area contributed by atoms with Crippen molar-refractivity contribution in [2.24, 2.45) is 0 Å². The fourth-order valence-electron chi connectivity index (χ4n) is 8.37. The average Bonchev–Trinajstić information content (AvgIpc) is 3.87. The number of nitrogens with zero attached hydrogens (tertiary/aromatic N) is 5. The summed E-state index contributed by atoms with van der Waals surface area (Å²) in [7, 11) is 3.64. The number of carbonyl (C=O) groups is 2. The molecule has 2 amide bonds. The number of rotatable bonds is 8. The lowest BCUT2D eigenvalue weighted by atomic mass is 9.92. The predicted molar refractivity (Wildman–Crippen MR) is 220 cm³/mol. The number of likely N-dealkylation sites (N-methyl/N-ethyl adjacent to an activating group) is 1. The minimum atomic E-state index is -0.223. The SMILES string of the molecule is COc1cc(-n2cc(C(=O)N(c3ccccc3)c3ccc4[nH]ccc4c3)c3ccccc32)c(C(=O)N2Cc3ccccc3C[C@H]2CN2CCN(C)CC2)cc1O. The molecule has 7 aromatic rings. The van der Waals surface area contributed by atoms with Crippen LogP contribution in [-0.4, -0.2) is 94.1 Å². The zero-order chi connectivity index (χ0) is 38.3. The topological polar surface area (TPSA) is 97.3 Å². The number of aromatic amines is 1. The van der Waals surface area contributed by atoms with Gasteiger partial charge >= 0.3 is 0 Å². The van der Waals surface area contributed by atoms with Gasteiger partial charge < -0.3 is 29.2 Å². The van der Waals surface area contributed by atoms with E-state index in [4.69, 9.17) is 4.74 Å². The van der Waals surface area contributed by atoms with Gasteiger partial charge in [-0.1, -0.05) is 60.7 Å². The molecule has 10 nitrogen and oxygen atoms in total. The largest absolute Gasteiger partial charge is 0.504 e.